The Morgan fingerprint density at radius 2 is 1.82 bits per heavy atom. The Bertz CT molecular complexity index is 923. The van der Waals surface area contributed by atoms with E-state index >= 15 is 0 Å². The molecule has 1 heterocycles. The molecule has 28 heavy (non-hydrogen) atoms. The quantitative estimate of drug-likeness (QED) is 0.630. The molecule has 0 aliphatic carbocycles. The van der Waals surface area contributed by atoms with Gasteiger partial charge in [0.25, 0.3) is 5.91 Å². The second-order valence-electron chi connectivity index (χ2n) is 6.37. The summed E-state index contributed by atoms with van der Waals surface area (Å²) in [5.74, 6) is 1.44. The lowest BCUT2D eigenvalue weighted by atomic mass is 10.1. The number of aromatic nitrogens is 1. The SMILES string of the molecule is CCCOc1ccc(CNC(=O)c2cncc(-c3cccc(OC)c3)c2)cc1. The van der Waals surface area contributed by atoms with Gasteiger partial charge in [-0.05, 0) is 47.9 Å². The van der Waals surface area contributed by atoms with E-state index in [2.05, 4.69) is 17.2 Å². The van der Waals surface area contributed by atoms with Crippen LogP contribution >= 0.6 is 0 Å². The fourth-order valence-electron chi connectivity index (χ4n) is 2.73. The van der Waals surface area contributed by atoms with Gasteiger partial charge in [-0.25, -0.2) is 0 Å². The van der Waals surface area contributed by atoms with Crippen LogP contribution in [0.4, 0.5) is 0 Å². The zero-order chi connectivity index (χ0) is 19.8. The van der Waals surface area contributed by atoms with E-state index in [0.717, 1.165) is 34.6 Å². The van der Waals surface area contributed by atoms with Crippen LogP contribution in [0.3, 0.4) is 0 Å². The summed E-state index contributed by atoms with van der Waals surface area (Å²) in [6.45, 7) is 3.21. The fraction of sp³-hybridized carbons (Fsp3) is 0.217. The smallest absolute Gasteiger partial charge is 0.253 e. The summed E-state index contributed by atoms with van der Waals surface area (Å²) >= 11 is 0. The zero-order valence-electron chi connectivity index (χ0n) is 16.1. The Morgan fingerprint density at radius 3 is 2.57 bits per heavy atom. The number of methoxy groups -OCH3 is 1. The molecule has 3 aromatic rings. The standard InChI is InChI=1S/C23H24N2O3/c1-3-11-28-21-9-7-17(8-10-21)14-25-23(26)20-12-19(15-24-16-20)18-5-4-6-22(13-18)27-2/h4-10,12-13,15-16H,3,11,14H2,1-2H3,(H,25,26). The molecule has 0 aliphatic heterocycles. The van der Waals surface area contributed by atoms with E-state index in [1.807, 2.05) is 54.6 Å². The first kappa shape index (κ1) is 19.4. The first-order valence-electron chi connectivity index (χ1n) is 9.29. The van der Waals surface area contributed by atoms with E-state index in [4.69, 9.17) is 9.47 Å². The molecule has 0 fully saturated rings. The number of hydrogen-bond acceptors (Lipinski definition) is 4. The van der Waals surface area contributed by atoms with Crippen molar-refractivity contribution in [1.29, 1.82) is 0 Å². The molecule has 144 valence electrons. The predicted octanol–water partition coefficient (Wildman–Crippen LogP) is 4.48. The van der Waals surface area contributed by atoms with Crippen molar-refractivity contribution in [3.63, 3.8) is 0 Å². The third-order valence-electron chi connectivity index (χ3n) is 4.25. The molecule has 1 aromatic heterocycles. The van der Waals surface area contributed by atoms with Crippen LogP contribution in [-0.2, 0) is 6.54 Å². The van der Waals surface area contributed by atoms with Gasteiger partial charge >= 0.3 is 0 Å². The number of nitrogens with zero attached hydrogens (tertiary/aromatic N) is 1. The molecule has 0 bridgehead atoms. The van der Waals surface area contributed by atoms with E-state index in [9.17, 15) is 4.79 Å². The maximum absolute atomic E-state index is 12.5. The molecular weight excluding hydrogens is 352 g/mol. The molecule has 0 atom stereocenters. The monoisotopic (exact) mass is 376 g/mol. The first-order valence-corrected chi connectivity index (χ1v) is 9.29. The summed E-state index contributed by atoms with van der Waals surface area (Å²) in [4.78, 5) is 16.7. The lowest BCUT2D eigenvalue weighted by molar-refractivity contribution is 0.0950. The maximum Gasteiger partial charge on any atom is 0.253 e. The van der Waals surface area contributed by atoms with Crippen molar-refractivity contribution in [2.24, 2.45) is 0 Å². The molecule has 1 N–H and O–H groups in total. The zero-order valence-corrected chi connectivity index (χ0v) is 16.1. The molecule has 0 saturated carbocycles. The van der Waals surface area contributed by atoms with Crippen LogP contribution in [0.25, 0.3) is 11.1 Å². The second kappa shape index (κ2) is 9.55. The van der Waals surface area contributed by atoms with Crippen LogP contribution in [0, 0.1) is 0 Å². The Balaban J connectivity index is 1.64. The lowest BCUT2D eigenvalue weighted by Gasteiger charge is -2.09. The average Bonchev–Trinajstić information content (AvgIpc) is 2.77. The number of amides is 1. The van der Waals surface area contributed by atoms with Gasteiger partial charge in [0.2, 0.25) is 0 Å². The number of carbonyl (C=O) groups is 1. The minimum absolute atomic E-state index is 0.163. The third-order valence-corrected chi connectivity index (χ3v) is 4.25. The minimum atomic E-state index is -0.163. The lowest BCUT2D eigenvalue weighted by Crippen LogP contribution is -2.22. The highest BCUT2D eigenvalue weighted by atomic mass is 16.5. The van der Waals surface area contributed by atoms with Crippen molar-refractivity contribution >= 4 is 5.91 Å². The van der Waals surface area contributed by atoms with Gasteiger partial charge in [0.05, 0.1) is 19.3 Å². The highest BCUT2D eigenvalue weighted by Crippen LogP contribution is 2.23. The van der Waals surface area contributed by atoms with Gasteiger partial charge in [0.1, 0.15) is 11.5 Å². The van der Waals surface area contributed by atoms with Gasteiger partial charge < -0.3 is 14.8 Å². The van der Waals surface area contributed by atoms with Gasteiger partial charge in [-0.1, -0.05) is 31.2 Å². The molecule has 0 aliphatic rings. The molecule has 0 radical (unpaired) electrons. The number of hydrogen-bond donors (Lipinski definition) is 1. The molecule has 0 unspecified atom stereocenters. The Kier molecular flexibility index (Phi) is 6.63. The van der Waals surface area contributed by atoms with Crippen molar-refractivity contribution in [2.45, 2.75) is 19.9 Å². The summed E-state index contributed by atoms with van der Waals surface area (Å²) in [5.41, 5.74) is 3.34. The number of rotatable bonds is 8. The van der Waals surface area contributed by atoms with Crippen LogP contribution in [-0.4, -0.2) is 24.6 Å². The van der Waals surface area contributed by atoms with Crippen LogP contribution in [0.5, 0.6) is 11.5 Å². The number of ether oxygens (including phenoxy) is 2. The average molecular weight is 376 g/mol. The van der Waals surface area contributed by atoms with Crippen LogP contribution < -0.4 is 14.8 Å². The van der Waals surface area contributed by atoms with E-state index < -0.39 is 0 Å². The summed E-state index contributed by atoms with van der Waals surface area (Å²) in [6.07, 6.45) is 4.28. The molecule has 5 nitrogen and oxygen atoms in total. The van der Waals surface area contributed by atoms with E-state index in [0.29, 0.717) is 18.7 Å². The molecule has 0 spiro atoms. The molecule has 5 heteroatoms. The number of carbonyl (C=O) groups excluding carboxylic acids is 1. The largest absolute Gasteiger partial charge is 0.497 e. The van der Waals surface area contributed by atoms with Gasteiger partial charge in [-0.3, -0.25) is 9.78 Å². The molecule has 2 aromatic carbocycles. The summed E-state index contributed by atoms with van der Waals surface area (Å²) in [7, 11) is 1.63. The fourth-order valence-corrected chi connectivity index (χ4v) is 2.73. The van der Waals surface area contributed by atoms with Crippen LogP contribution in [0.15, 0.2) is 67.0 Å². The third kappa shape index (κ3) is 5.10. The number of benzene rings is 2. The number of nitrogens with one attached hydrogen (secondary N) is 1. The van der Waals surface area contributed by atoms with Gasteiger partial charge in [0, 0.05) is 24.5 Å². The van der Waals surface area contributed by atoms with E-state index in [1.165, 1.54) is 0 Å². The van der Waals surface area contributed by atoms with E-state index in [1.54, 1.807) is 19.5 Å². The number of pyridine rings is 1. The topological polar surface area (TPSA) is 60.5 Å². The molecule has 1 amide bonds. The Hall–Kier alpha value is -3.34. The van der Waals surface area contributed by atoms with Crippen molar-refractivity contribution < 1.29 is 14.3 Å². The molecule has 0 saturated heterocycles. The summed E-state index contributed by atoms with van der Waals surface area (Å²) in [6, 6.07) is 17.3. The Labute approximate surface area is 165 Å². The van der Waals surface area contributed by atoms with Gasteiger partial charge in [-0.2, -0.15) is 0 Å². The molecular formula is C23H24N2O3. The van der Waals surface area contributed by atoms with Gasteiger partial charge in [-0.15, -0.1) is 0 Å². The highest BCUT2D eigenvalue weighted by molar-refractivity contribution is 5.95. The van der Waals surface area contributed by atoms with Crippen molar-refractivity contribution in [3.8, 4) is 22.6 Å². The summed E-state index contributed by atoms with van der Waals surface area (Å²) in [5, 5.41) is 2.93. The normalized spacial score (nSPS) is 10.4. The van der Waals surface area contributed by atoms with E-state index in [-0.39, 0.29) is 5.91 Å². The molecule has 3 rings (SSSR count). The first-order chi connectivity index (χ1) is 13.7. The highest BCUT2D eigenvalue weighted by Gasteiger charge is 2.09. The predicted molar refractivity (Wildman–Crippen MR) is 110 cm³/mol. The van der Waals surface area contributed by atoms with Crippen molar-refractivity contribution in [1.82, 2.24) is 10.3 Å². The van der Waals surface area contributed by atoms with Crippen molar-refractivity contribution in [2.75, 3.05) is 13.7 Å². The summed E-state index contributed by atoms with van der Waals surface area (Å²) < 4.78 is 10.8. The second-order valence-corrected chi connectivity index (χ2v) is 6.37. The maximum atomic E-state index is 12.5. The minimum Gasteiger partial charge on any atom is -0.497 e. The Morgan fingerprint density at radius 1 is 1.00 bits per heavy atom. The van der Waals surface area contributed by atoms with Gasteiger partial charge in [0.15, 0.2) is 0 Å². The van der Waals surface area contributed by atoms with Crippen molar-refractivity contribution in [3.05, 3.63) is 78.1 Å². The van der Waals surface area contributed by atoms with Crippen LogP contribution in [0.2, 0.25) is 0 Å². The van der Waals surface area contributed by atoms with Crippen LogP contribution in [0.1, 0.15) is 29.3 Å².